The van der Waals surface area contributed by atoms with Crippen LogP contribution in [0.5, 0.6) is 0 Å². The summed E-state index contributed by atoms with van der Waals surface area (Å²) in [6, 6.07) is 13.2. The van der Waals surface area contributed by atoms with E-state index in [9.17, 15) is 38.4 Å². The zero-order valence-corrected chi connectivity index (χ0v) is 42.4. The highest BCUT2D eigenvalue weighted by molar-refractivity contribution is 5.98. The molecule has 8 amide bonds. The number of fused-ring (bicyclic) bond motifs is 2. The number of nitrogens with two attached hydrogens (primary N) is 1. The van der Waals surface area contributed by atoms with Crippen molar-refractivity contribution in [3.63, 3.8) is 0 Å². The van der Waals surface area contributed by atoms with E-state index >= 15 is 0 Å². The first-order valence-corrected chi connectivity index (χ1v) is 25.6. The van der Waals surface area contributed by atoms with Crippen LogP contribution >= 0.6 is 0 Å². The fourth-order valence-electron chi connectivity index (χ4n) is 8.89. The second-order valence-corrected chi connectivity index (χ2v) is 18.8. The molecule has 22 nitrogen and oxygen atoms in total. The van der Waals surface area contributed by atoms with Crippen LogP contribution in [0.2, 0.25) is 0 Å². The van der Waals surface area contributed by atoms with E-state index in [-0.39, 0.29) is 77.0 Å². The van der Waals surface area contributed by atoms with Crippen molar-refractivity contribution in [2.75, 3.05) is 19.6 Å². The van der Waals surface area contributed by atoms with Crippen LogP contribution in [0.3, 0.4) is 0 Å². The molecule has 14 N–H and O–H groups in total. The average Bonchev–Trinajstić information content (AvgIpc) is 4.07. The van der Waals surface area contributed by atoms with Crippen LogP contribution in [-0.4, -0.2) is 124 Å². The second-order valence-electron chi connectivity index (χ2n) is 18.8. The summed E-state index contributed by atoms with van der Waals surface area (Å²) < 4.78 is 0. The molecule has 1 aliphatic rings. The number of nitrogens with one attached hydrogen (secondary N) is 12. The topological polar surface area (TPSA) is 339 Å². The molecule has 2 aromatic heterocycles. The molecular weight excluding hydrogens is 961 g/mol. The summed E-state index contributed by atoms with van der Waals surface area (Å²) in [4.78, 5) is 122. The van der Waals surface area contributed by atoms with Crippen LogP contribution in [0.4, 0.5) is 0 Å². The summed E-state index contributed by atoms with van der Waals surface area (Å²) in [6.07, 6.45) is 6.91. The van der Waals surface area contributed by atoms with Gasteiger partial charge >= 0.3 is 0 Å². The maximum Gasteiger partial charge on any atom is 0.243 e. The van der Waals surface area contributed by atoms with Gasteiger partial charge in [-0.15, -0.1) is 0 Å². The predicted molar refractivity (Wildman–Crippen MR) is 282 cm³/mol. The van der Waals surface area contributed by atoms with Gasteiger partial charge in [0, 0.05) is 75.5 Å². The molecule has 1 saturated heterocycles. The Morgan fingerprint density at radius 2 is 1.43 bits per heavy atom. The van der Waals surface area contributed by atoms with Crippen LogP contribution in [0, 0.1) is 5.41 Å². The summed E-state index contributed by atoms with van der Waals surface area (Å²) >= 11 is 0. The van der Waals surface area contributed by atoms with Crippen molar-refractivity contribution in [3.05, 3.63) is 102 Å². The summed E-state index contributed by atoms with van der Waals surface area (Å²) in [5.74, 6) is -5.36. The van der Waals surface area contributed by atoms with E-state index in [0.717, 1.165) is 33.7 Å². The third-order valence-corrected chi connectivity index (χ3v) is 12.9. The highest BCUT2D eigenvalue weighted by Gasteiger charge is 2.34. The average molecular weight is 1030 g/mol. The van der Waals surface area contributed by atoms with Crippen molar-refractivity contribution >= 4 is 74.9 Å². The lowest BCUT2D eigenvalue weighted by Gasteiger charge is -2.28. The summed E-state index contributed by atoms with van der Waals surface area (Å²) in [5, 5.41) is 35.5. The first-order chi connectivity index (χ1) is 36.2. The highest BCUT2D eigenvalue weighted by Crippen LogP contribution is 2.21. The zero-order chi connectivity index (χ0) is 53.7. The standard InChI is InChI=1S/C53H70N14O8/c1-3-4-15-40(62-32(2)68)48(71)64-42-20-21-46(69)57-22-9-10-23-58-47(70)44(27-36-29-60-39-16-8-7-14-38(36)39)66-49(72)41(17-11-24-59-53(54)55)63-51(74)43(26-33-18-19-34-12-5-6-13-35(34)25-33)65-52(75)45(67-50(42)73)28-37-30-56-31-61-37/h5-8,12-14,16,18-19,25,29-31,40-45,60H,3-4,9-11,15,17,20-24,26-28H2,1-2H3,(H,56,61)(H,57,69)(H,58,70)(H,62,68)(H,63,74)(H,64,71)(H,65,75)(H,66,72)(H,67,73)(H4,54,55,59)/t40?,41-,42-,43+,44-,45-/m0/s1. The number of guanidine groups is 1. The van der Waals surface area contributed by atoms with Gasteiger partial charge in [-0.25, -0.2) is 4.98 Å². The molecule has 5 aromatic rings. The summed E-state index contributed by atoms with van der Waals surface area (Å²) in [5.41, 5.74) is 8.18. The molecule has 1 unspecified atom stereocenters. The lowest BCUT2D eigenvalue weighted by molar-refractivity contribution is -0.135. The van der Waals surface area contributed by atoms with Gasteiger partial charge in [0.25, 0.3) is 0 Å². The minimum absolute atomic E-state index is 0.0217. The van der Waals surface area contributed by atoms with Crippen LogP contribution in [-0.2, 0) is 57.6 Å². The molecule has 0 saturated carbocycles. The summed E-state index contributed by atoms with van der Waals surface area (Å²) in [6.45, 7) is 3.80. The second kappa shape index (κ2) is 28.2. The molecule has 0 spiro atoms. The molecule has 1 aliphatic heterocycles. The lowest BCUT2D eigenvalue weighted by atomic mass is 9.99. The zero-order valence-electron chi connectivity index (χ0n) is 42.4. The van der Waals surface area contributed by atoms with Gasteiger partial charge in [-0.2, -0.15) is 0 Å². The number of rotatable bonds is 16. The molecule has 3 heterocycles. The van der Waals surface area contributed by atoms with Crippen molar-refractivity contribution in [1.82, 2.24) is 62.8 Å². The maximum atomic E-state index is 14.9. The van der Waals surface area contributed by atoms with Gasteiger partial charge in [0.15, 0.2) is 5.96 Å². The van der Waals surface area contributed by atoms with E-state index in [4.69, 9.17) is 11.1 Å². The molecule has 0 bridgehead atoms. The number of aromatic nitrogens is 3. The number of hydrogen-bond donors (Lipinski definition) is 13. The normalized spacial score (nSPS) is 20.3. The fraction of sp³-hybridized carbons (Fsp3) is 0.434. The third-order valence-electron chi connectivity index (χ3n) is 12.9. The number of para-hydroxylation sites is 1. The highest BCUT2D eigenvalue weighted by atomic mass is 16.2. The molecule has 3 aromatic carbocycles. The van der Waals surface area contributed by atoms with Crippen molar-refractivity contribution in [3.8, 4) is 0 Å². The number of hydrogen-bond acceptors (Lipinski definition) is 10. The Balaban J connectivity index is 1.36. The minimum atomic E-state index is -1.41. The van der Waals surface area contributed by atoms with Gasteiger partial charge in [-0.05, 0) is 66.5 Å². The van der Waals surface area contributed by atoms with Crippen molar-refractivity contribution < 1.29 is 38.4 Å². The number of unbranched alkanes of at least 4 members (excludes halogenated alkanes) is 1. The molecule has 6 atom stereocenters. The van der Waals surface area contributed by atoms with Gasteiger partial charge in [0.05, 0.1) is 12.0 Å². The number of nitrogens with zero attached hydrogens (tertiary/aromatic N) is 1. The molecule has 1 fully saturated rings. The van der Waals surface area contributed by atoms with Crippen molar-refractivity contribution in [1.29, 1.82) is 5.41 Å². The van der Waals surface area contributed by atoms with Crippen LogP contribution < -0.4 is 53.6 Å². The first-order valence-electron chi connectivity index (χ1n) is 25.6. The van der Waals surface area contributed by atoms with E-state index < -0.39 is 83.5 Å². The smallest absolute Gasteiger partial charge is 0.243 e. The number of H-pyrrole nitrogens is 2. The molecule has 0 radical (unpaired) electrons. The Kier molecular flexibility index (Phi) is 21.1. The Bertz CT molecular complexity index is 2780. The van der Waals surface area contributed by atoms with E-state index in [0.29, 0.717) is 30.5 Å². The quantitative estimate of drug-likeness (QED) is 0.0379. The van der Waals surface area contributed by atoms with Gasteiger partial charge in [-0.3, -0.25) is 43.8 Å². The number of carbonyl (C=O) groups is 8. The van der Waals surface area contributed by atoms with Gasteiger partial charge < -0.3 is 63.6 Å². The van der Waals surface area contributed by atoms with Gasteiger partial charge in [0.1, 0.15) is 36.3 Å². The number of carbonyl (C=O) groups excluding carboxylic acids is 8. The van der Waals surface area contributed by atoms with E-state index in [1.165, 1.54) is 19.4 Å². The lowest BCUT2D eigenvalue weighted by Crippen LogP contribution is -2.60. The van der Waals surface area contributed by atoms with Gasteiger partial charge in [0.2, 0.25) is 47.3 Å². The number of amides is 8. The number of aromatic amines is 2. The van der Waals surface area contributed by atoms with Gasteiger partial charge in [-0.1, -0.05) is 80.4 Å². The maximum absolute atomic E-state index is 14.9. The molecular formula is C53H70N14O8. The Labute approximate surface area is 434 Å². The van der Waals surface area contributed by atoms with Crippen LogP contribution in [0.25, 0.3) is 21.7 Å². The summed E-state index contributed by atoms with van der Waals surface area (Å²) in [7, 11) is 0. The number of benzene rings is 3. The van der Waals surface area contributed by atoms with E-state index in [1.54, 1.807) is 6.20 Å². The fourth-order valence-corrected chi connectivity index (χ4v) is 8.89. The minimum Gasteiger partial charge on any atom is -0.370 e. The van der Waals surface area contributed by atoms with E-state index in [2.05, 4.69) is 62.8 Å². The van der Waals surface area contributed by atoms with Crippen molar-refractivity contribution in [2.45, 2.75) is 127 Å². The molecule has 0 aliphatic carbocycles. The first kappa shape index (κ1) is 56.0. The van der Waals surface area contributed by atoms with Crippen LogP contribution in [0.15, 0.2) is 85.5 Å². The Hall–Kier alpha value is -8.30. The molecule has 6 rings (SSSR count). The SMILES string of the molecule is CCCCC(NC(C)=O)C(=O)N[C@H]1CCC(=O)NCCCCNC(=O)[C@H](Cc2c[nH]c3ccccc23)NC(=O)[C@H](CCCNC(=N)N)NC(=O)[C@@H](Cc2ccc3ccccc3c2)NC(=O)[C@H](Cc2c[nH]cn2)NC1=O. The number of imidazole rings is 1. The van der Waals surface area contributed by atoms with Crippen molar-refractivity contribution in [2.24, 2.45) is 5.73 Å². The third kappa shape index (κ3) is 17.4. The molecule has 400 valence electrons. The molecule has 75 heavy (non-hydrogen) atoms. The van der Waals surface area contributed by atoms with E-state index in [1.807, 2.05) is 73.7 Å². The van der Waals surface area contributed by atoms with Crippen LogP contribution in [0.1, 0.15) is 88.5 Å². The Morgan fingerprint density at radius 1 is 0.760 bits per heavy atom. The predicted octanol–water partition coefficient (Wildman–Crippen LogP) is 1.26. The monoisotopic (exact) mass is 1030 g/mol. The largest absolute Gasteiger partial charge is 0.370 e. The molecule has 22 heteroatoms. The Morgan fingerprint density at radius 3 is 2.15 bits per heavy atom.